The number of rotatable bonds is 3. The second-order valence-electron chi connectivity index (χ2n) is 4.92. The summed E-state index contributed by atoms with van der Waals surface area (Å²) in [7, 11) is 0. The van der Waals surface area contributed by atoms with Crippen LogP contribution in [0.2, 0.25) is 0 Å². The molecule has 1 heterocycles. The predicted molar refractivity (Wildman–Crippen MR) is 106 cm³/mol. The number of hydrogen-bond acceptors (Lipinski definition) is 2. The van der Waals surface area contributed by atoms with E-state index in [2.05, 4.69) is 42.8 Å². The summed E-state index contributed by atoms with van der Waals surface area (Å²) in [6, 6.07) is 16.0. The van der Waals surface area contributed by atoms with Crippen molar-refractivity contribution >= 4 is 43.4 Å². The van der Waals surface area contributed by atoms with Crippen LogP contribution in [0.4, 0.5) is 0 Å². The van der Waals surface area contributed by atoms with E-state index in [-0.39, 0.29) is 0 Å². The zero-order valence-electron chi connectivity index (χ0n) is 13.0. The van der Waals surface area contributed by atoms with Gasteiger partial charge in [-0.15, -0.1) is 6.42 Å². The van der Waals surface area contributed by atoms with Crippen molar-refractivity contribution in [2.75, 3.05) is 0 Å². The molecule has 3 aromatic rings. The summed E-state index contributed by atoms with van der Waals surface area (Å²) in [4.78, 5) is 26.3. The standard InChI is InChI=1S/C12H8BrNO2.C8H5Br/c13-10-3-1-2-8(6-10)11(15)12(16)9-4-5-14-7-9;1-2-7-4-3-5-8(9)6-7/h1-7,14H;1,3-6H. The lowest BCUT2D eigenvalue weighted by atomic mass is 10.0. The van der Waals surface area contributed by atoms with Crippen LogP contribution in [-0.4, -0.2) is 16.6 Å². The average Bonchev–Trinajstić information content (AvgIpc) is 3.15. The summed E-state index contributed by atoms with van der Waals surface area (Å²) >= 11 is 6.57. The lowest BCUT2D eigenvalue weighted by Gasteiger charge is -1.99. The highest BCUT2D eigenvalue weighted by Gasteiger charge is 2.18. The molecule has 0 saturated carbocycles. The molecule has 3 rings (SSSR count). The van der Waals surface area contributed by atoms with Crippen molar-refractivity contribution in [1.82, 2.24) is 4.98 Å². The first-order valence-corrected chi connectivity index (χ1v) is 8.79. The van der Waals surface area contributed by atoms with E-state index in [1.54, 1.807) is 36.5 Å². The summed E-state index contributed by atoms with van der Waals surface area (Å²) in [5.74, 6) is 1.54. The van der Waals surface area contributed by atoms with Crippen molar-refractivity contribution in [3.05, 3.63) is 92.6 Å². The molecule has 124 valence electrons. The van der Waals surface area contributed by atoms with Crippen molar-refractivity contribution < 1.29 is 9.59 Å². The van der Waals surface area contributed by atoms with Gasteiger partial charge in [0.15, 0.2) is 0 Å². The van der Waals surface area contributed by atoms with E-state index >= 15 is 0 Å². The smallest absolute Gasteiger partial charge is 0.235 e. The van der Waals surface area contributed by atoms with Gasteiger partial charge < -0.3 is 4.98 Å². The summed E-state index contributed by atoms with van der Waals surface area (Å²) in [6.45, 7) is 0. The van der Waals surface area contributed by atoms with Gasteiger partial charge in [-0.1, -0.05) is 56.0 Å². The maximum Gasteiger partial charge on any atom is 0.235 e. The highest BCUT2D eigenvalue weighted by molar-refractivity contribution is 9.10. The van der Waals surface area contributed by atoms with E-state index in [4.69, 9.17) is 6.42 Å². The molecule has 0 saturated heterocycles. The van der Waals surface area contributed by atoms with Gasteiger partial charge in [0, 0.05) is 38.0 Å². The van der Waals surface area contributed by atoms with Crippen LogP contribution in [0.1, 0.15) is 26.3 Å². The minimum absolute atomic E-state index is 0.380. The zero-order chi connectivity index (χ0) is 18.2. The number of terminal acetylenes is 1. The van der Waals surface area contributed by atoms with E-state index in [9.17, 15) is 9.59 Å². The van der Waals surface area contributed by atoms with Gasteiger partial charge in [0.1, 0.15) is 0 Å². The number of H-pyrrole nitrogens is 1. The van der Waals surface area contributed by atoms with Crippen LogP contribution >= 0.6 is 31.9 Å². The van der Waals surface area contributed by atoms with Crippen LogP contribution in [0, 0.1) is 12.3 Å². The Morgan fingerprint density at radius 1 is 0.880 bits per heavy atom. The van der Waals surface area contributed by atoms with Crippen molar-refractivity contribution in [3.63, 3.8) is 0 Å². The highest BCUT2D eigenvalue weighted by atomic mass is 79.9. The third kappa shape index (κ3) is 5.56. The number of Topliss-reactive ketones (excluding diaryl/α,β-unsaturated/α-hetero) is 2. The van der Waals surface area contributed by atoms with E-state index in [1.165, 1.54) is 6.20 Å². The Kier molecular flexibility index (Phi) is 6.93. The highest BCUT2D eigenvalue weighted by Crippen LogP contribution is 2.14. The normalized spacial score (nSPS) is 9.48. The second-order valence-corrected chi connectivity index (χ2v) is 6.75. The number of ketones is 2. The molecule has 0 aliphatic rings. The molecule has 3 nitrogen and oxygen atoms in total. The van der Waals surface area contributed by atoms with E-state index in [0.29, 0.717) is 11.1 Å². The van der Waals surface area contributed by atoms with Gasteiger partial charge in [-0.05, 0) is 36.4 Å². The van der Waals surface area contributed by atoms with Crippen molar-refractivity contribution in [1.29, 1.82) is 0 Å². The monoisotopic (exact) mass is 457 g/mol. The molecular weight excluding hydrogens is 446 g/mol. The van der Waals surface area contributed by atoms with Gasteiger partial charge in [-0.3, -0.25) is 9.59 Å². The quantitative estimate of drug-likeness (QED) is 0.330. The minimum Gasteiger partial charge on any atom is -0.367 e. The molecule has 0 atom stereocenters. The molecule has 5 heteroatoms. The first-order valence-electron chi connectivity index (χ1n) is 7.21. The Bertz CT molecular complexity index is 925. The van der Waals surface area contributed by atoms with Crippen LogP contribution in [0.15, 0.2) is 75.9 Å². The number of carbonyl (C=O) groups excluding carboxylic acids is 2. The number of aromatic amines is 1. The molecule has 1 aromatic heterocycles. The average molecular weight is 459 g/mol. The van der Waals surface area contributed by atoms with Crippen molar-refractivity contribution in [3.8, 4) is 12.3 Å². The number of halogens is 2. The van der Waals surface area contributed by atoms with Gasteiger partial charge in [-0.25, -0.2) is 0 Å². The number of benzene rings is 2. The van der Waals surface area contributed by atoms with Crippen LogP contribution in [0.5, 0.6) is 0 Å². The number of hydrogen-bond donors (Lipinski definition) is 1. The van der Waals surface area contributed by atoms with Gasteiger partial charge in [0.25, 0.3) is 0 Å². The molecule has 1 N–H and O–H groups in total. The molecule has 0 fully saturated rings. The topological polar surface area (TPSA) is 49.9 Å². The van der Waals surface area contributed by atoms with Crippen molar-refractivity contribution in [2.24, 2.45) is 0 Å². The minimum atomic E-state index is -0.501. The maximum atomic E-state index is 11.8. The molecule has 0 spiro atoms. The largest absolute Gasteiger partial charge is 0.367 e. The lowest BCUT2D eigenvalue weighted by molar-refractivity contribution is 0.0817. The van der Waals surface area contributed by atoms with E-state index in [1.807, 2.05) is 24.3 Å². The van der Waals surface area contributed by atoms with Crippen LogP contribution in [-0.2, 0) is 0 Å². The first kappa shape index (κ1) is 18.9. The van der Waals surface area contributed by atoms with E-state index in [0.717, 1.165) is 14.5 Å². The lowest BCUT2D eigenvalue weighted by Crippen LogP contribution is -2.13. The number of aromatic nitrogens is 1. The predicted octanol–water partition coefficient (Wildman–Crippen LogP) is 5.27. The van der Waals surface area contributed by atoms with E-state index < -0.39 is 11.6 Å². The maximum absolute atomic E-state index is 11.8. The second kappa shape index (κ2) is 9.16. The Morgan fingerprint density at radius 2 is 1.52 bits per heavy atom. The number of carbonyl (C=O) groups is 2. The van der Waals surface area contributed by atoms with Gasteiger partial charge in [0.05, 0.1) is 0 Å². The molecule has 2 aromatic carbocycles. The first-order chi connectivity index (χ1) is 12.0. The zero-order valence-corrected chi connectivity index (χ0v) is 16.2. The third-order valence-electron chi connectivity index (χ3n) is 3.14. The Hall–Kier alpha value is -2.42. The Balaban J connectivity index is 0.000000212. The summed E-state index contributed by atoms with van der Waals surface area (Å²) < 4.78 is 1.80. The molecule has 0 unspecified atom stereocenters. The molecule has 0 radical (unpaired) electrons. The van der Waals surface area contributed by atoms with Crippen LogP contribution in [0.25, 0.3) is 0 Å². The SMILES string of the molecule is C#Cc1cccc(Br)c1.O=C(C(=O)c1cccc(Br)c1)c1cc[nH]c1. The summed E-state index contributed by atoms with van der Waals surface area (Å²) in [5.41, 5.74) is 1.68. The molecule has 0 bridgehead atoms. The van der Waals surface area contributed by atoms with Crippen LogP contribution in [0.3, 0.4) is 0 Å². The van der Waals surface area contributed by atoms with Crippen LogP contribution < -0.4 is 0 Å². The number of nitrogens with one attached hydrogen (secondary N) is 1. The molecule has 0 amide bonds. The molecule has 0 aliphatic heterocycles. The molecular formula is C20H13Br2NO2. The van der Waals surface area contributed by atoms with Crippen molar-refractivity contribution in [2.45, 2.75) is 0 Å². The molecule has 25 heavy (non-hydrogen) atoms. The summed E-state index contributed by atoms with van der Waals surface area (Å²) in [6.07, 6.45) is 8.27. The van der Waals surface area contributed by atoms with Gasteiger partial charge in [-0.2, -0.15) is 0 Å². The Morgan fingerprint density at radius 3 is 2.04 bits per heavy atom. The summed E-state index contributed by atoms with van der Waals surface area (Å²) in [5, 5.41) is 0. The fourth-order valence-corrected chi connectivity index (χ4v) is 2.73. The Labute approximate surface area is 162 Å². The molecule has 0 aliphatic carbocycles. The fraction of sp³-hybridized carbons (Fsp3) is 0. The third-order valence-corrected chi connectivity index (χ3v) is 4.13. The van der Waals surface area contributed by atoms with Gasteiger partial charge >= 0.3 is 0 Å². The van der Waals surface area contributed by atoms with Gasteiger partial charge in [0.2, 0.25) is 11.6 Å². The fourth-order valence-electron chi connectivity index (χ4n) is 1.94.